The molecule has 0 bridgehead atoms. The Bertz CT molecular complexity index is 543. The van der Waals surface area contributed by atoms with Gasteiger partial charge in [0, 0.05) is 5.69 Å². The summed E-state index contributed by atoms with van der Waals surface area (Å²) in [5, 5.41) is 3.82. The number of benzene rings is 2. The molecule has 0 amide bonds. The average Bonchev–Trinajstić information content (AvgIpc) is 2.39. The maximum absolute atomic E-state index is 6.07. The van der Waals surface area contributed by atoms with Crippen LogP contribution in [0.1, 0.15) is 0 Å². The molecule has 0 fully saturated rings. The Morgan fingerprint density at radius 3 is 2.33 bits per heavy atom. The zero-order valence-corrected chi connectivity index (χ0v) is 11.0. The number of hydrogen-bond acceptors (Lipinski definition) is 3. The summed E-state index contributed by atoms with van der Waals surface area (Å²) in [7, 11) is 3.23. The largest absolute Gasteiger partial charge is 0.495 e. The van der Waals surface area contributed by atoms with Crippen LogP contribution in [-0.4, -0.2) is 14.2 Å². The topological polar surface area (TPSA) is 30.5 Å². The van der Waals surface area contributed by atoms with Crippen molar-refractivity contribution >= 4 is 23.0 Å². The van der Waals surface area contributed by atoms with Gasteiger partial charge in [0.25, 0.3) is 0 Å². The summed E-state index contributed by atoms with van der Waals surface area (Å²) >= 11 is 6.07. The van der Waals surface area contributed by atoms with E-state index in [4.69, 9.17) is 21.1 Å². The first-order valence-electron chi connectivity index (χ1n) is 5.48. The van der Waals surface area contributed by atoms with Gasteiger partial charge in [-0.1, -0.05) is 23.7 Å². The third-order valence-corrected chi connectivity index (χ3v) is 2.83. The molecule has 0 aliphatic heterocycles. The molecule has 94 valence electrons. The van der Waals surface area contributed by atoms with Crippen LogP contribution in [0.5, 0.6) is 11.5 Å². The second-order valence-electron chi connectivity index (χ2n) is 3.67. The van der Waals surface area contributed by atoms with Gasteiger partial charge in [0.1, 0.15) is 11.5 Å². The molecule has 0 spiro atoms. The van der Waals surface area contributed by atoms with Gasteiger partial charge in [-0.05, 0) is 30.3 Å². The van der Waals surface area contributed by atoms with E-state index in [-0.39, 0.29) is 0 Å². The Hall–Kier alpha value is -1.87. The molecule has 0 saturated carbocycles. The lowest BCUT2D eigenvalue weighted by molar-refractivity contribution is 0.415. The van der Waals surface area contributed by atoms with Gasteiger partial charge in [-0.15, -0.1) is 0 Å². The molecule has 0 unspecified atom stereocenters. The van der Waals surface area contributed by atoms with E-state index in [2.05, 4.69) is 5.32 Å². The maximum Gasteiger partial charge on any atom is 0.142 e. The molecular formula is C14H14ClNO2. The van der Waals surface area contributed by atoms with Crippen LogP contribution in [0.2, 0.25) is 5.02 Å². The van der Waals surface area contributed by atoms with Gasteiger partial charge < -0.3 is 14.8 Å². The molecule has 0 aliphatic carbocycles. The molecule has 0 aliphatic rings. The van der Waals surface area contributed by atoms with E-state index in [1.54, 1.807) is 14.2 Å². The first-order chi connectivity index (χ1) is 8.74. The molecule has 0 atom stereocenters. The van der Waals surface area contributed by atoms with Crippen LogP contribution in [-0.2, 0) is 0 Å². The van der Waals surface area contributed by atoms with Crippen LogP contribution in [0, 0.1) is 0 Å². The fraction of sp³-hybridized carbons (Fsp3) is 0.143. The number of halogens is 1. The minimum absolute atomic E-state index is 0.567. The lowest BCUT2D eigenvalue weighted by atomic mass is 10.2. The molecule has 0 radical (unpaired) electrons. The van der Waals surface area contributed by atoms with Gasteiger partial charge in [0.15, 0.2) is 0 Å². The summed E-state index contributed by atoms with van der Waals surface area (Å²) in [6.07, 6.45) is 0. The fourth-order valence-corrected chi connectivity index (χ4v) is 1.91. The smallest absolute Gasteiger partial charge is 0.142 e. The van der Waals surface area contributed by atoms with Gasteiger partial charge in [-0.25, -0.2) is 0 Å². The molecule has 0 aromatic heterocycles. The molecule has 3 nitrogen and oxygen atoms in total. The van der Waals surface area contributed by atoms with Crippen molar-refractivity contribution in [3.05, 3.63) is 47.5 Å². The Balaban J connectivity index is 2.26. The quantitative estimate of drug-likeness (QED) is 0.901. The van der Waals surface area contributed by atoms with Crippen LogP contribution in [0.15, 0.2) is 42.5 Å². The van der Waals surface area contributed by atoms with Crippen molar-refractivity contribution < 1.29 is 9.47 Å². The molecule has 1 N–H and O–H groups in total. The van der Waals surface area contributed by atoms with Crippen molar-refractivity contribution in [2.45, 2.75) is 0 Å². The van der Waals surface area contributed by atoms with Crippen LogP contribution >= 0.6 is 11.6 Å². The Morgan fingerprint density at radius 1 is 0.944 bits per heavy atom. The highest BCUT2D eigenvalue weighted by atomic mass is 35.5. The SMILES string of the molecule is COc1ccc(Nc2ccccc2OC)cc1Cl. The minimum Gasteiger partial charge on any atom is -0.495 e. The molecular weight excluding hydrogens is 250 g/mol. The highest BCUT2D eigenvalue weighted by Gasteiger charge is 2.04. The number of anilines is 2. The highest BCUT2D eigenvalue weighted by molar-refractivity contribution is 6.32. The van der Waals surface area contributed by atoms with Gasteiger partial charge in [-0.3, -0.25) is 0 Å². The zero-order chi connectivity index (χ0) is 13.0. The number of ether oxygens (including phenoxy) is 2. The lowest BCUT2D eigenvalue weighted by Gasteiger charge is -2.12. The first-order valence-corrected chi connectivity index (χ1v) is 5.86. The second kappa shape index (κ2) is 5.65. The first kappa shape index (κ1) is 12.6. The van der Waals surface area contributed by atoms with E-state index in [1.165, 1.54) is 0 Å². The normalized spacial score (nSPS) is 9.94. The van der Waals surface area contributed by atoms with Crippen molar-refractivity contribution in [2.75, 3.05) is 19.5 Å². The Morgan fingerprint density at radius 2 is 1.67 bits per heavy atom. The van der Waals surface area contributed by atoms with Crippen molar-refractivity contribution in [2.24, 2.45) is 0 Å². The van der Waals surface area contributed by atoms with E-state index >= 15 is 0 Å². The lowest BCUT2D eigenvalue weighted by Crippen LogP contribution is -1.94. The summed E-state index contributed by atoms with van der Waals surface area (Å²) in [6.45, 7) is 0. The van der Waals surface area contributed by atoms with Gasteiger partial charge in [-0.2, -0.15) is 0 Å². The van der Waals surface area contributed by atoms with Crippen LogP contribution in [0.4, 0.5) is 11.4 Å². The molecule has 0 heterocycles. The van der Waals surface area contributed by atoms with Crippen molar-refractivity contribution in [1.82, 2.24) is 0 Å². The Labute approximate surface area is 111 Å². The Kier molecular flexibility index (Phi) is 3.95. The van der Waals surface area contributed by atoms with E-state index in [9.17, 15) is 0 Å². The molecule has 4 heteroatoms. The second-order valence-corrected chi connectivity index (χ2v) is 4.08. The van der Waals surface area contributed by atoms with Gasteiger partial charge >= 0.3 is 0 Å². The summed E-state index contributed by atoms with van der Waals surface area (Å²) in [4.78, 5) is 0. The van der Waals surface area contributed by atoms with Crippen LogP contribution < -0.4 is 14.8 Å². The number of hydrogen-bond donors (Lipinski definition) is 1. The summed E-state index contributed by atoms with van der Waals surface area (Å²) in [5.74, 6) is 1.44. The molecule has 0 saturated heterocycles. The molecule has 18 heavy (non-hydrogen) atoms. The predicted octanol–water partition coefficient (Wildman–Crippen LogP) is 4.10. The van der Waals surface area contributed by atoms with E-state index in [0.717, 1.165) is 17.1 Å². The molecule has 2 aromatic carbocycles. The predicted molar refractivity (Wildman–Crippen MR) is 74.3 cm³/mol. The fourth-order valence-electron chi connectivity index (χ4n) is 1.65. The van der Waals surface area contributed by atoms with Gasteiger partial charge in [0.2, 0.25) is 0 Å². The molecule has 2 rings (SSSR count). The summed E-state index contributed by atoms with van der Waals surface area (Å²) in [5.41, 5.74) is 1.77. The van der Waals surface area contributed by atoms with E-state index in [1.807, 2.05) is 42.5 Å². The standard InChI is InChI=1S/C14H14ClNO2/c1-17-13-8-7-10(9-11(13)15)16-12-5-3-4-6-14(12)18-2/h3-9,16H,1-2H3. The summed E-state index contributed by atoms with van der Waals surface area (Å²) < 4.78 is 10.4. The van der Waals surface area contributed by atoms with E-state index < -0.39 is 0 Å². The molecule has 2 aromatic rings. The monoisotopic (exact) mass is 263 g/mol. The number of para-hydroxylation sites is 2. The minimum atomic E-state index is 0.567. The highest BCUT2D eigenvalue weighted by Crippen LogP contribution is 2.31. The van der Waals surface area contributed by atoms with E-state index in [0.29, 0.717) is 10.8 Å². The number of methoxy groups -OCH3 is 2. The number of rotatable bonds is 4. The van der Waals surface area contributed by atoms with Crippen molar-refractivity contribution in [3.63, 3.8) is 0 Å². The van der Waals surface area contributed by atoms with Gasteiger partial charge in [0.05, 0.1) is 24.9 Å². The summed E-state index contributed by atoms with van der Waals surface area (Å²) in [6, 6.07) is 13.2. The van der Waals surface area contributed by atoms with Crippen LogP contribution in [0.25, 0.3) is 0 Å². The average molecular weight is 264 g/mol. The van der Waals surface area contributed by atoms with Crippen LogP contribution in [0.3, 0.4) is 0 Å². The van der Waals surface area contributed by atoms with Crippen molar-refractivity contribution in [3.8, 4) is 11.5 Å². The number of nitrogens with one attached hydrogen (secondary N) is 1. The maximum atomic E-state index is 6.07. The third-order valence-electron chi connectivity index (χ3n) is 2.54. The zero-order valence-electron chi connectivity index (χ0n) is 10.2. The third kappa shape index (κ3) is 2.68. The van der Waals surface area contributed by atoms with Crippen molar-refractivity contribution in [1.29, 1.82) is 0 Å².